The Morgan fingerprint density at radius 1 is 1.33 bits per heavy atom. The van der Waals surface area contributed by atoms with Crippen LogP contribution in [0.1, 0.15) is 25.7 Å². The van der Waals surface area contributed by atoms with Crippen LogP contribution in [0.3, 0.4) is 0 Å². The van der Waals surface area contributed by atoms with E-state index >= 15 is 0 Å². The Bertz CT molecular complexity index is 318. The van der Waals surface area contributed by atoms with Crippen molar-refractivity contribution in [3.63, 3.8) is 0 Å². The van der Waals surface area contributed by atoms with Crippen molar-refractivity contribution in [2.24, 2.45) is 11.3 Å². The van der Waals surface area contributed by atoms with Crippen LogP contribution in [0.2, 0.25) is 0 Å². The largest absolute Gasteiger partial charge is 0.319 e. The lowest BCUT2D eigenvalue weighted by Crippen LogP contribution is -2.35. The summed E-state index contributed by atoms with van der Waals surface area (Å²) in [6, 6.07) is 0. The van der Waals surface area contributed by atoms with Crippen molar-refractivity contribution in [1.29, 1.82) is 0 Å². The second-order valence-corrected chi connectivity index (χ2v) is 6.81. The molecule has 0 aromatic rings. The summed E-state index contributed by atoms with van der Waals surface area (Å²) in [5.74, 6) is 0.994. The molecular weight excluding hydrogens is 212 g/mol. The monoisotopic (exact) mass is 232 g/mol. The fourth-order valence-corrected chi connectivity index (χ4v) is 3.27. The molecule has 0 bridgehead atoms. The van der Waals surface area contributed by atoms with Gasteiger partial charge in [0.15, 0.2) is 0 Å². The Hall–Kier alpha value is -0.130. The SMILES string of the molecule is CNCCS(=O)(=O)NCC1(C2CC2)CC1. The third-order valence-electron chi connectivity index (χ3n) is 3.60. The maximum absolute atomic E-state index is 11.6. The van der Waals surface area contributed by atoms with E-state index in [0.29, 0.717) is 18.5 Å². The first-order valence-corrected chi connectivity index (χ1v) is 7.35. The second-order valence-electron chi connectivity index (χ2n) is 4.88. The van der Waals surface area contributed by atoms with E-state index in [0.717, 1.165) is 5.92 Å². The highest BCUT2D eigenvalue weighted by Gasteiger charge is 2.53. The third kappa shape index (κ3) is 2.92. The van der Waals surface area contributed by atoms with Gasteiger partial charge in [0.25, 0.3) is 0 Å². The van der Waals surface area contributed by atoms with E-state index in [2.05, 4.69) is 10.0 Å². The molecule has 0 saturated heterocycles. The quantitative estimate of drug-likeness (QED) is 0.664. The topological polar surface area (TPSA) is 58.2 Å². The van der Waals surface area contributed by atoms with Crippen LogP contribution in [0, 0.1) is 11.3 Å². The molecule has 0 radical (unpaired) electrons. The van der Waals surface area contributed by atoms with Crippen LogP contribution in [0.4, 0.5) is 0 Å². The van der Waals surface area contributed by atoms with E-state index in [1.807, 2.05) is 0 Å². The zero-order chi connectivity index (χ0) is 10.9. The van der Waals surface area contributed by atoms with Gasteiger partial charge in [-0.2, -0.15) is 0 Å². The van der Waals surface area contributed by atoms with Gasteiger partial charge in [0.1, 0.15) is 0 Å². The molecule has 0 spiro atoms. The molecule has 2 N–H and O–H groups in total. The average molecular weight is 232 g/mol. The number of rotatable bonds is 7. The molecule has 0 atom stereocenters. The Balaban J connectivity index is 1.77. The molecule has 5 heteroatoms. The summed E-state index contributed by atoms with van der Waals surface area (Å²) in [6.45, 7) is 1.19. The van der Waals surface area contributed by atoms with Gasteiger partial charge in [-0.05, 0) is 44.1 Å². The Labute approximate surface area is 91.9 Å². The average Bonchev–Trinajstić information content (AvgIpc) is 3.02. The maximum Gasteiger partial charge on any atom is 0.212 e. The molecule has 2 rings (SSSR count). The number of hydrogen-bond acceptors (Lipinski definition) is 3. The van der Waals surface area contributed by atoms with E-state index < -0.39 is 10.0 Å². The lowest BCUT2D eigenvalue weighted by Gasteiger charge is -2.14. The molecule has 0 aromatic carbocycles. The highest BCUT2D eigenvalue weighted by molar-refractivity contribution is 7.89. The van der Waals surface area contributed by atoms with Crippen LogP contribution in [0.5, 0.6) is 0 Å². The van der Waals surface area contributed by atoms with Crippen molar-refractivity contribution in [3.8, 4) is 0 Å². The minimum Gasteiger partial charge on any atom is -0.319 e. The predicted octanol–water partition coefficient (Wildman–Crippen LogP) is 0.315. The summed E-state index contributed by atoms with van der Waals surface area (Å²) in [4.78, 5) is 0. The van der Waals surface area contributed by atoms with Crippen molar-refractivity contribution in [2.45, 2.75) is 25.7 Å². The van der Waals surface area contributed by atoms with Crippen LogP contribution in [0.15, 0.2) is 0 Å². The standard InChI is InChI=1S/C10H20N2O2S/c1-11-6-7-15(13,14)12-8-10(4-5-10)9-2-3-9/h9,11-12H,2-8H2,1H3. The van der Waals surface area contributed by atoms with Crippen molar-refractivity contribution in [3.05, 3.63) is 0 Å². The van der Waals surface area contributed by atoms with Gasteiger partial charge in [0.2, 0.25) is 10.0 Å². The lowest BCUT2D eigenvalue weighted by molar-refractivity contribution is 0.431. The van der Waals surface area contributed by atoms with E-state index in [9.17, 15) is 8.42 Å². The third-order valence-corrected chi connectivity index (χ3v) is 4.93. The highest BCUT2D eigenvalue weighted by Crippen LogP contribution is 2.60. The molecule has 0 amide bonds. The Morgan fingerprint density at radius 2 is 2.00 bits per heavy atom. The van der Waals surface area contributed by atoms with Gasteiger partial charge in [-0.15, -0.1) is 0 Å². The first kappa shape index (κ1) is 11.4. The van der Waals surface area contributed by atoms with E-state index in [4.69, 9.17) is 0 Å². The molecule has 2 aliphatic carbocycles. The van der Waals surface area contributed by atoms with Gasteiger partial charge in [0.05, 0.1) is 5.75 Å². The van der Waals surface area contributed by atoms with Gasteiger partial charge in [0, 0.05) is 13.1 Å². The van der Waals surface area contributed by atoms with E-state index in [1.54, 1.807) is 7.05 Å². The van der Waals surface area contributed by atoms with E-state index in [-0.39, 0.29) is 5.75 Å². The van der Waals surface area contributed by atoms with Crippen molar-refractivity contribution in [2.75, 3.05) is 25.9 Å². The number of nitrogens with one attached hydrogen (secondary N) is 2. The minimum atomic E-state index is -3.06. The number of hydrogen-bond donors (Lipinski definition) is 2. The number of sulfonamides is 1. The highest BCUT2D eigenvalue weighted by atomic mass is 32.2. The van der Waals surface area contributed by atoms with Gasteiger partial charge < -0.3 is 5.32 Å². The first-order chi connectivity index (χ1) is 7.08. The summed E-state index contributed by atoms with van der Waals surface area (Å²) in [7, 11) is -1.29. The van der Waals surface area contributed by atoms with Crippen molar-refractivity contribution < 1.29 is 8.42 Å². The smallest absolute Gasteiger partial charge is 0.212 e. The molecule has 0 heterocycles. The molecule has 4 nitrogen and oxygen atoms in total. The van der Waals surface area contributed by atoms with Crippen LogP contribution >= 0.6 is 0 Å². The fraction of sp³-hybridized carbons (Fsp3) is 1.00. The molecule has 88 valence electrons. The zero-order valence-electron chi connectivity index (χ0n) is 9.25. The fourth-order valence-electron chi connectivity index (χ4n) is 2.15. The minimum absolute atomic E-state index is 0.185. The second kappa shape index (κ2) is 4.03. The molecule has 0 aromatic heterocycles. The summed E-state index contributed by atoms with van der Waals surface area (Å²) < 4.78 is 25.9. The van der Waals surface area contributed by atoms with Crippen molar-refractivity contribution >= 4 is 10.0 Å². The van der Waals surface area contributed by atoms with Gasteiger partial charge in [-0.25, -0.2) is 13.1 Å². The maximum atomic E-state index is 11.6. The summed E-state index contributed by atoms with van der Waals surface area (Å²) in [5.41, 5.74) is 0.354. The van der Waals surface area contributed by atoms with E-state index in [1.165, 1.54) is 25.7 Å². The molecule has 0 unspecified atom stereocenters. The van der Waals surface area contributed by atoms with Crippen LogP contribution in [-0.2, 0) is 10.0 Å². The van der Waals surface area contributed by atoms with Crippen LogP contribution < -0.4 is 10.0 Å². The Morgan fingerprint density at radius 3 is 2.47 bits per heavy atom. The van der Waals surface area contributed by atoms with Crippen molar-refractivity contribution in [1.82, 2.24) is 10.0 Å². The molecule has 2 fully saturated rings. The predicted molar refractivity (Wildman–Crippen MR) is 60.1 cm³/mol. The Kier molecular flexibility index (Phi) is 3.05. The molecular formula is C10H20N2O2S. The summed E-state index contributed by atoms with van der Waals surface area (Å²) >= 11 is 0. The van der Waals surface area contributed by atoms with Gasteiger partial charge in [-0.1, -0.05) is 0 Å². The molecule has 2 aliphatic rings. The lowest BCUT2D eigenvalue weighted by atomic mass is 10.0. The summed E-state index contributed by atoms with van der Waals surface area (Å²) in [6.07, 6.45) is 5.04. The van der Waals surface area contributed by atoms with Gasteiger partial charge in [-0.3, -0.25) is 0 Å². The zero-order valence-corrected chi connectivity index (χ0v) is 10.1. The normalized spacial score (nSPS) is 24.1. The van der Waals surface area contributed by atoms with Crippen LogP contribution in [0.25, 0.3) is 0 Å². The summed E-state index contributed by atoms with van der Waals surface area (Å²) in [5, 5.41) is 2.85. The first-order valence-electron chi connectivity index (χ1n) is 5.70. The van der Waals surface area contributed by atoms with Crippen LogP contribution in [-0.4, -0.2) is 34.3 Å². The van der Waals surface area contributed by atoms with Gasteiger partial charge >= 0.3 is 0 Å². The molecule has 2 saturated carbocycles. The molecule has 15 heavy (non-hydrogen) atoms. The molecule has 0 aliphatic heterocycles.